The van der Waals surface area contributed by atoms with Crippen LogP contribution in [-0.4, -0.2) is 47.6 Å². The average Bonchev–Trinajstić information content (AvgIpc) is 1.62. The molecule has 3 N–H and O–H groups in total. The summed E-state index contributed by atoms with van der Waals surface area (Å²) < 4.78 is 0. The Balaban J connectivity index is 0.000000327. The second kappa shape index (κ2) is 44.2. The topological polar surface area (TPSA) is 151 Å². The van der Waals surface area contributed by atoms with Gasteiger partial charge >= 0.3 is 0 Å². The van der Waals surface area contributed by atoms with Gasteiger partial charge in [0.2, 0.25) is 0 Å². The molecular weight excluding hydrogens is 2050 g/mol. The Labute approximate surface area is 758 Å². The number of carbonyl (C=O) groups excluding carboxylic acids is 3. The molecule has 0 spiro atoms. The molecule has 9 nitrogen and oxygen atoms in total. The van der Waals surface area contributed by atoms with E-state index in [0.717, 1.165) is 65.0 Å². The maximum Gasteiger partial charge on any atom is 0.155 e. The fourth-order valence-corrected chi connectivity index (χ4v) is 16.0. The van der Waals surface area contributed by atoms with Crippen LogP contribution in [0.4, 0.5) is 0 Å². The second-order valence-electron chi connectivity index (χ2n) is 35.6. The molecule has 0 fully saturated rings. The first-order chi connectivity index (χ1) is 53.4. The Morgan fingerprint density at radius 1 is 0.347 bits per heavy atom. The Kier molecular flexibility index (Phi) is 38.4. The number of nitrogens with zero attached hydrogens (tertiary/aromatic N) is 3. The molecule has 12 rings (SSSR count). The zero-order chi connectivity index (χ0) is 85.7. The maximum atomic E-state index is 10.0. The molecule has 118 heavy (non-hydrogen) atoms. The molecule has 12 aromatic rings. The Morgan fingerprint density at radius 3 is 0.898 bits per heavy atom. The van der Waals surface area contributed by atoms with Gasteiger partial charge in [-0.1, -0.05) is 256 Å². The number of aryl methyl sites for hydroxylation is 3. The van der Waals surface area contributed by atoms with E-state index in [1.807, 2.05) is 11.3 Å². The number of hydrogen-bond donors (Lipinski definition) is 3. The molecule has 6 aromatic carbocycles. The van der Waals surface area contributed by atoms with E-state index in [0.29, 0.717) is 23.7 Å². The van der Waals surface area contributed by atoms with Crippen LogP contribution in [0.25, 0.3) is 95.7 Å². The molecule has 0 aliphatic carbocycles. The smallest absolute Gasteiger partial charge is 0.155 e. The van der Waals surface area contributed by atoms with Gasteiger partial charge in [0.1, 0.15) is 14.5 Å². The first-order valence-corrected chi connectivity index (χ1v) is 42.3. The largest absolute Gasteiger partial charge is 0.512 e. The Morgan fingerprint density at radius 2 is 0.636 bits per heavy atom. The number of rotatable bonds is 13. The predicted molar refractivity (Wildman–Crippen MR) is 495 cm³/mol. The number of aliphatic hydroxyl groups excluding tert-OH is 3. The van der Waals surface area contributed by atoms with Crippen LogP contribution in [0.5, 0.6) is 0 Å². The van der Waals surface area contributed by atoms with Crippen molar-refractivity contribution >= 4 is 82.0 Å². The van der Waals surface area contributed by atoms with Crippen LogP contribution in [0.15, 0.2) is 187 Å². The van der Waals surface area contributed by atoms with E-state index in [9.17, 15) is 14.4 Å². The van der Waals surface area contributed by atoms with Crippen molar-refractivity contribution in [2.75, 3.05) is 0 Å². The Hall–Kier alpha value is -7.77. The molecule has 3 radical (unpaired) electrons. The SMILES string of the molecule is CC(=O)C=C(C)O.CC(=O)C=C(C)O.CC(=O)C=C(C)O.Cc1[c-]c(-c2ccc3cc(-c4c(C(C)C)cccc4C(C)C)sc3n2)cc(C(C)(C)C)c1.Cc1[c-]c(-c2ccc3cc(-c4cc(C(C)C)cc(C(C)C)c4)sc3n2)cc(C(C)(C)C)c1.Cc1[c-]c(-c2ccc3cc(-c4ccc(C(C)(C)C)cc4)sc3n2)cc(C(C)(C)C)c1.[Ir].[Ir].[Ir]. The summed E-state index contributed by atoms with van der Waals surface area (Å²) in [6, 6.07) is 66.7. The molecule has 0 amide bonds. The minimum absolute atomic E-state index is 0. The third-order valence-electron chi connectivity index (χ3n) is 19.1. The van der Waals surface area contributed by atoms with E-state index in [1.165, 1.54) is 152 Å². The summed E-state index contributed by atoms with van der Waals surface area (Å²) in [7, 11) is 0. The van der Waals surface area contributed by atoms with Crippen molar-refractivity contribution in [2.45, 2.75) is 246 Å². The quantitative estimate of drug-likeness (QED) is 0.0582. The van der Waals surface area contributed by atoms with Gasteiger partial charge in [-0.2, -0.15) is 0 Å². The minimum atomic E-state index is -0.125. The number of pyridine rings is 3. The Bertz CT molecular complexity index is 5390. The third kappa shape index (κ3) is 30.1. The van der Waals surface area contributed by atoms with Crippen LogP contribution in [-0.2, 0) is 96.4 Å². The van der Waals surface area contributed by atoms with Crippen molar-refractivity contribution in [3.05, 3.63) is 267 Å². The van der Waals surface area contributed by atoms with Gasteiger partial charge in [-0.05, 0) is 167 Å². The number of hydrogen-bond acceptors (Lipinski definition) is 12. The first-order valence-electron chi connectivity index (χ1n) is 39.8. The molecular formula is C103H122Ir3N3O6S3-3. The van der Waals surface area contributed by atoms with E-state index in [2.05, 4.69) is 329 Å². The number of aromatic nitrogens is 3. The maximum absolute atomic E-state index is 10.0. The summed E-state index contributed by atoms with van der Waals surface area (Å²) in [6.07, 6.45) is 3.50. The first kappa shape index (κ1) is 103. The number of aliphatic hydroxyl groups is 3. The zero-order valence-electron chi connectivity index (χ0n) is 74.6. The zero-order valence-corrected chi connectivity index (χ0v) is 84.2. The summed E-state index contributed by atoms with van der Waals surface area (Å²) in [5.74, 6) is 1.80. The monoisotopic (exact) mass is 2170 g/mol. The van der Waals surface area contributed by atoms with Crippen LogP contribution >= 0.6 is 34.0 Å². The molecule has 0 atom stereocenters. The van der Waals surface area contributed by atoms with Gasteiger partial charge in [0.25, 0.3) is 0 Å². The average molecular weight is 2170 g/mol. The molecule has 0 unspecified atom stereocenters. The summed E-state index contributed by atoms with van der Waals surface area (Å²) >= 11 is 5.36. The van der Waals surface area contributed by atoms with Crippen molar-refractivity contribution in [2.24, 2.45) is 0 Å². The number of fused-ring (bicyclic) bond motifs is 3. The van der Waals surface area contributed by atoms with Gasteiger partial charge in [0.15, 0.2) is 17.3 Å². The number of thiophene rings is 3. The standard InChI is InChI=1S/2C30H34NS.C28H30NS.3C5H8O2.3Ir/c1-18(2)22-13-23(19(3)4)15-25(14-22)28-17-21-9-10-27(31-29(21)32-28)24-11-20(5)12-26(16-24)30(6,7)8;1-18(2)24-10-9-11-25(19(3)4)28(24)27-17-21-12-13-26(31-29(21)32-27)22-14-20(5)15-23(16-22)30(6,7)8;1-18-14-21(16-23(15-18)28(5,6)7)24-13-10-20-17-25(30-26(20)29-24)19-8-11-22(12-9-19)27(2,3)4;3*1-4(6)3-5(2)7;;;/h9-10,12-19H,1-8H3;9-13,15-19H,1-8H3;8-13,15-17H,1-7H3;3*3,6H,1-2H3;;;/q3*-1;;;;;;. The third-order valence-corrected chi connectivity index (χ3v) is 22.3. The van der Waals surface area contributed by atoms with Gasteiger partial charge in [0, 0.05) is 109 Å². The van der Waals surface area contributed by atoms with Crippen molar-refractivity contribution in [3.63, 3.8) is 0 Å². The van der Waals surface area contributed by atoms with Crippen LogP contribution in [0, 0.1) is 39.0 Å². The van der Waals surface area contributed by atoms with Crippen LogP contribution in [0.3, 0.4) is 0 Å². The molecule has 0 bridgehead atoms. The molecule has 0 aliphatic rings. The fourth-order valence-electron chi connectivity index (χ4n) is 12.8. The van der Waals surface area contributed by atoms with Crippen LogP contribution in [0.2, 0.25) is 0 Å². The van der Waals surface area contributed by atoms with Gasteiger partial charge in [0.05, 0.1) is 17.3 Å². The van der Waals surface area contributed by atoms with Crippen molar-refractivity contribution < 1.29 is 90.0 Å². The summed E-state index contributed by atoms with van der Waals surface area (Å²) in [5, 5.41) is 28.7. The van der Waals surface area contributed by atoms with Gasteiger partial charge < -0.3 is 15.3 Å². The normalized spacial score (nSPS) is 11.9. The molecule has 0 saturated carbocycles. The molecule has 15 heteroatoms. The van der Waals surface area contributed by atoms with E-state index in [1.54, 1.807) is 22.7 Å². The fraction of sp³-hybridized carbons (Fsp3) is 0.359. The number of carbonyl (C=O) groups is 3. The minimum Gasteiger partial charge on any atom is -0.512 e. The van der Waals surface area contributed by atoms with Gasteiger partial charge in [-0.3, -0.25) is 29.3 Å². The number of allylic oxidation sites excluding steroid dienone is 6. The van der Waals surface area contributed by atoms with Crippen molar-refractivity contribution in [1.29, 1.82) is 0 Å². The van der Waals surface area contributed by atoms with Gasteiger partial charge in [-0.25, -0.2) is 0 Å². The second-order valence-corrected chi connectivity index (χ2v) is 38.7. The number of benzene rings is 6. The number of ketones is 3. The summed E-state index contributed by atoms with van der Waals surface area (Å²) in [5.41, 5.74) is 25.1. The van der Waals surface area contributed by atoms with Crippen molar-refractivity contribution in [1.82, 2.24) is 15.0 Å². The summed E-state index contributed by atoms with van der Waals surface area (Å²) in [4.78, 5) is 52.3. The molecule has 6 heterocycles. The molecule has 6 aromatic heterocycles. The van der Waals surface area contributed by atoms with Crippen molar-refractivity contribution in [3.8, 4) is 65.1 Å². The molecule has 0 saturated heterocycles. The van der Waals surface area contributed by atoms with E-state index < -0.39 is 0 Å². The summed E-state index contributed by atoms with van der Waals surface area (Å²) in [6.45, 7) is 60.1. The van der Waals surface area contributed by atoms with E-state index >= 15 is 0 Å². The van der Waals surface area contributed by atoms with E-state index in [4.69, 9.17) is 30.3 Å². The molecule has 633 valence electrons. The predicted octanol–water partition coefficient (Wildman–Crippen LogP) is 30.0. The van der Waals surface area contributed by atoms with E-state index in [-0.39, 0.29) is 117 Å². The van der Waals surface area contributed by atoms with Crippen LogP contribution in [0.1, 0.15) is 265 Å². The molecule has 0 aliphatic heterocycles. The van der Waals surface area contributed by atoms with Crippen LogP contribution < -0.4 is 0 Å². The van der Waals surface area contributed by atoms with Gasteiger partial charge in [-0.15, -0.1) is 139 Å².